The Labute approximate surface area is 182 Å². The van der Waals surface area contributed by atoms with Gasteiger partial charge in [-0.3, -0.25) is 9.59 Å². The maximum Gasteiger partial charge on any atom is 0.322 e. The van der Waals surface area contributed by atoms with Crippen LogP contribution in [0.15, 0.2) is 66.7 Å². The third kappa shape index (κ3) is 4.94. The van der Waals surface area contributed by atoms with E-state index < -0.39 is 5.97 Å². The van der Waals surface area contributed by atoms with E-state index in [1.165, 1.54) is 21.9 Å². The number of carboxylic acids is 1. The van der Waals surface area contributed by atoms with Gasteiger partial charge in [0.25, 0.3) is 5.91 Å². The monoisotopic (exact) mass is 416 g/mol. The number of benzene rings is 3. The second kappa shape index (κ2) is 9.31. The number of amides is 1. The van der Waals surface area contributed by atoms with Crippen LogP contribution in [0.2, 0.25) is 0 Å². The first-order valence-corrected chi connectivity index (χ1v) is 10.8. The molecule has 1 fully saturated rings. The molecule has 1 saturated carbocycles. The van der Waals surface area contributed by atoms with E-state index in [9.17, 15) is 9.59 Å². The van der Waals surface area contributed by atoms with E-state index >= 15 is 0 Å². The lowest BCUT2D eigenvalue weighted by Gasteiger charge is -2.21. The van der Waals surface area contributed by atoms with Crippen LogP contribution < -0.4 is 10.6 Å². The quantitative estimate of drug-likeness (QED) is 0.524. The number of carbonyl (C=O) groups excluding carboxylic acids is 1. The first-order valence-electron chi connectivity index (χ1n) is 10.8. The molecule has 0 heterocycles. The Morgan fingerprint density at radius 2 is 1.74 bits per heavy atom. The molecule has 2 unspecified atom stereocenters. The predicted molar refractivity (Wildman–Crippen MR) is 122 cm³/mol. The molecule has 0 radical (unpaired) electrons. The summed E-state index contributed by atoms with van der Waals surface area (Å²) < 4.78 is 0. The molecule has 160 valence electrons. The molecule has 4 rings (SSSR count). The van der Waals surface area contributed by atoms with E-state index in [1.807, 2.05) is 12.1 Å². The topological polar surface area (TPSA) is 78.4 Å². The van der Waals surface area contributed by atoms with Crippen LogP contribution in [0.1, 0.15) is 59.6 Å². The zero-order valence-corrected chi connectivity index (χ0v) is 17.7. The molecule has 3 N–H and O–H groups in total. The summed E-state index contributed by atoms with van der Waals surface area (Å²) in [6.45, 7) is 1.87. The summed E-state index contributed by atoms with van der Waals surface area (Å²) in [5, 5.41) is 17.5. The van der Waals surface area contributed by atoms with Gasteiger partial charge in [0.2, 0.25) is 0 Å². The minimum absolute atomic E-state index is 0.273. The second-order valence-corrected chi connectivity index (χ2v) is 8.36. The Bertz CT molecular complexity index is 1070. The van der Waals surface area contributed by atoms with Gasteiger partial charge in [-0.2, -0.15) is 0 Å². The Hall–Kier alpha value is -3.18. The van der Waals surface area contributed by atoms with Crippen LogP contribution in [-0.2, 0) is 4.79 Å². The average Bonchev–Trinajstić information content (AvgIpc) is 3.25. The molecule has 1 aliphatic carbocycles. The number of fused-ring (bicyclic) bond motifs is 1. The molecule has 0 saturated heterocycles. The third-order valence-corrected chi connectivity index (χ3v) is 6.25. The lowest BCUT2D eigenvalue weighted by molar-refractivity contribution is -0.135. The molecule has 3 aromatic rings. The Balaban J connectivity index is 1.37. The molecule has 1 amide bonds. The highest BCUT2D eigenvalue weighted by Crippen LogP contribution is 2.36. The van der Waals surface area contributed by atoms with Gasteiger partial charge in [-0.1, -0.05) is 54.6 Å². The van der Waals surface area contributed by atoms with Crippen LogP contribution in [-0.4, -0.2) is 29.6 Å². The predicted octanol–water partition coefficient (Wildman–Crippen LogP) is 4.64. The molecule has 1 aliphatic rings. The van der Waals surface area contributed by atoms with Crippen molar-refractivity contribution in [2.45, 2.75) is 44.2 Å². The number of carbonyl (C=O) groups is 2. The van der Waals surface area contributed by atoms with Crippen molar-refractivity contribution in [3.05, 3.63) is 83.4 Å². The number of rotatable bonds is 7. The molecule has 3 aromatic carbocycles. The normalized spacial score (nSPS) is 19.3. The van der Waals surface area contributed by atoms with Gasteiger partial charge in [0.1, 0.15) is 6.54 Å². The smallest absolute Gasteiger partial charge is 0.322 e. The lowest BCUT2D eigenvalue weighted by atomic mass is 9.96. The molecule has 3 atom stereocenters. The van der Waals surface area contributed by atoms with Gasteiger partial charge in [0, 0.05) is 17.6 Å². The summed E-state index contributed by atoms with van der Waals surface area (Å²) in [4.78, 5) is 22.6. The van der Waals surface area contributed by atoms with Gasteiger partial charge in [0.05, 0.1) is 0 Å². The Morgan fingerprint density at radius 1 is 1.00 bits per heavy atom. The molecule has 0 aromatic heterocycles. The largest absolute Gasteiger partial charge is 0.480 e. The Kier molecular flexibility index (Phi) is 6.33. The van der Waals surface area contributed by atoms with Crippen LogP contribution in [0.5, 0.6) is 0 Å². The highest BCUT2D eigenvalue weighted by molar-refractivity contribution is 5.95. The fourth-order valence-corrected chi connectivity index (χ4v) is 4.67. The standard InChI is InChI=1S/C26H28N2O3/c1-17(23-8-4-6-19-5-2-3-7-24(19)23)28-22-14-13-21(15-22)18-9-11-20(12-10-18)26(31)27-16-25(29)30/h2-12,17,21-22,28H,13-16H2,1H3,(H,27,31)(H,29,30)/t17-,21?,22?/m1/s1. The SMILES string of the molecule is C[C@@H](NC1CCC(c2ccc(C(=O)NCC(=O)O)cc2)C1)c1cccc2ccccc12. The number of hydrogen-bond donors (Lipinski definition) is 3. The minimum Gasteiger partial charge on any atom is -0.480 e. The van der Waals surface area contributed by atoms with Crippen molar-refractivity contribution in [2.75, 3.05) is 6.54 Å². The highest BCUT2D eigenvalue weighted by atomic mass is 16.4. The molecule has 5 nitrogen and oxygen atoms in total. The molecule has 0 aliphatic heterocycles. The summed E-state index contributed by atoms with van der Waals surface area (Å²) in [6.07, 6.45) is 3.31. The van der Waals surface area contributed by atoms with Gasteiger partial charge < -0.3 is 15.7 Å². The first-order chi connectivity index (χ1) is 15.0. The fourth-order valence-electron chi connectivity index (χ4n) is 4.67. The zero-order valence-electron chi connectivity index (χ0n) is 17.7. The van der Waals surface area contributed by atoms with Crippen molar-refractivity contribution in [3.8, 4) is 0 Å². The van der Waals surface area contributed by atoms with E-state index in [-0.39, 0.29) is 18.5 Å². The van der Waals surface area contributed by atoms with Gasteiger partial charge >= 0.3 is 5.97 Å². The van der Waals surface area contributed by atoms with E-state index in [4.69, 9.17) is 5.11 Å². The van der Waals surface area contributed by atoms with E-state index in [2.05, 4.69) is 60.0 Å². The Morgan fingerprint density at radius 3 is 2.52 bits per heavy atom. The van der Waals surface area contributed by atoms with Crippen molar-refractivity contribution >= 4 is 22.6 Å². The first kappa shape index (κ1) is 21.1. The summed E-state index contributed by atoms with van der Waals surface area (Å²) in [7, 11) is 0. The fraction of sp³-hybridized carbons (Fsp3) is 0.308. The summed E-state index contributed by atoms with van der Waals surface area (Å²) in [6, 6.07) is 23.3. The van der Waals surface area contributed by atoms with Crippen molar-refractivity contribution in [1.82, 2.24) is 10.6 Å². The maximum atomic E-state index is 12.0. The van der Waals surface area contributed by atoms with Gasteiger partial charge in [0.15, 0.2) is 0 Å². The summed E-state index contributed by atoms with van der Waals surface area (Å²) in [5.41, 5.74) is 3.05. The van der Waals surface area contributed by atoms with Crippen LogP contribution in [0.3, 0.4) is 0 Å². The molecule has 31 heavy (non-hydrogen) atoms. The average molecular weight is 417 g/mol. The summed E-state index contributed by atoms with van der Waals surface area (Å²) in [5.74, 6) is -0.940. The van der Waals surface area contributed by atoms with Gasteiger partial charge in [-0.25, -0.2) is 0 Å². The van der Waals surface area contributed by atoms with E-state index in [0.717, 1.165) is 19.3 Å². The van der Waals surface area contributed by atoms with Gasteiger partial charge in [-0.15, -0.1) is 0 Å². The molecular weight excluding hydrogens is 388 g/mol. The molecule has 0 spiro atoms. The zero-order chi connectivity index (χ0) is 21.8. The number of hydrogen-bond acceptors (Lipinski definition) is 3. The number of aliphatic carboxylic acids is 1. The number of carboxylic acid groups (broad SMARTS) is 1. The maximum absolute atomic E-state index is 12.0. The lowest BCUT2D eigenvalue weighted by Crippen LogP contribution is -2.29. The van der Waals surface area contributed by atoms with Gasteiger partial charge in [-0.05, 0) is 66.1 Å². The minimum atomic E-state index is -1.05. The second-order valence-electron chi connectivity index (χ2n) is 8.36. The molecule has 5 heteroatoms. The van der Waals surface area contributed by atoms with Crippen LogP contribution in [0, 0.1) is 0 Å². The molecular formula is C26H28N2O3. The van der Waals surface area contributed by atoms with Crippen molar-refractivity contribution in [2.24, 2.45) is 0 Å². The van der Waals surface area contributed by atoms with Crippen molar-refractivity contribution < 1.29 is 14.7 Å². The highest BCUT2D eigenvalue weighted by Gasteiger charge is 2.27. The third-order valence-electron chi connectivity index (χ3n) is 6.25. The van der Waals surface area contributed by atoms with Crippen molar-refractivity contribution in [3.63, 3.8) is 0 Å². The van der Waals surface area contributed by atoms with Crippen LogP contribution in [0.25, 0.3) is 10.8 Å². The van der Waals surface area contributed by atoms with Crippen LogP contribution in [0.4, 0.5) is 0 Å². The van der Waals surface area contributed by atoms with E-state index in [0.29, 0.717) is 17.5 Å². The molecule has 0 bridgehead atoms. The van der Waals surface area contributed by atoms with E-state index in [1.54, 1.807) is 12.1 Å². The van der Waals surface area contributed by atoms with Crippen molar-refractivity contribution in [1.29, 1.82) is 0 Å². The van der Waals surface area contributed by atoms with Crippen LogP contribution >= 0.6 is 0 Å². The summed E-state index contributed by atoms with van der Waals surface area (Å²) >= 11 is 0. The number of nitrogens with one attached hydrogen (secondary N) is 2.